The van der Waals surface area contributed by atoms with E-state index >= 15 is 0 Å². The molecule has 1 aliphatic carbocycles. The van der Waals surface area contributed by atoms with Crippen LogP contribution in [-0.4, -0.2) is 24.2 Å². The van der Waals surface area contributed by atoms with Crippen molar-refractivity contribution < 1.29 is 0 Å². The van der Waals surface area contributed by atoms with Crippen LogP contribution >= 0.6 is 39.9 Å². The second-order valence-electron chi connectivity index (χ2n) is 4.59. The first-order chi connectivity index (χ1) is 7.13. The molecule has 1 nitrogen and oxygen atoms in total. The van der Waals surface area contributed by atoms with E-state index in [1.54, 1.807) is 11.3 Å². The molecule has 1 aliphatic rings. The van der Waals surface area contributed by atoms with E-state index in [1.807, 2.05) is 0 Å². The number of nitrogens with zero attached hydrogens (tertiary/aromatic N) is 1. The van der Waals surface area contributed by atoms with Crippen molar-refractivity contribution in [2.24, 2.45) is 5.41 Å². The highest BCUT2D eigenvalue weighted by atomic mass is 79.9. The Morgan fingerprint density at radius 1 is 1.60 bits per heavy atom. The lowest BCUT2D eigenvalue weighted by Crippen LogP contribution is -2.27. The summed E-state index contributed by atoms with van der Waals surface area (Å²) in [5.74, 6) is 1.03. The molecule has 1 aromatic heterocycles. The molecule has 0 N–H and O–H groups in total. The summed E-state index contributed by atoms with van der Waals surface area (Å²) in [6.07, 6.45) is 2.71. The zero-order valence-electron chi connectivity index (χ0n) is 8.87. The van der Waals surface area contributed by atoms with Gasteiger partial charge in [-0.15, -0.1) is 11.3 Å². The molecule has 0 amide bonds. The van der Waals surface area contributed by atoms with Crippen LogP contribution in [0, 0.1) is 5.41 Å². The normalized spacial score (nSPS) is 18.4. The lowest BCUT2D eigenvalue weighted by atomic mass is 10.1. The van der Waals surface area contributed by atoms with Crippen LogP contribution in [0.3, 0.4) is 0 Å². The minimum absolute atomic E-state index is 0.533. The topological polar surface area (TPSA) is 3.24 Å². The molecular weight excluding hydrogens is 290 g/mol. The Hall–Kier alpha value is 0.490. The predicted molar refractivity (Wildman–Crippen MR) is 73.9 cm³/mol. The maximum atomic E-state index is 4.44. The van der Waals surface area contributed by atoms with Gasteiger partial charge in [0.15, 0.2) is 0 Å². The van der Waals surface area contributed by atoms with E-state index in [9.17, 15) is 0 Å². The number of hydrogen-bond acceptors (Lipinski definition) is 3. The van der Waals surface area contributed by atoms with Crippen molar-refractivity contribution in [3.63, 3.8) is 0 Å². The summed E-state index contributed by atoms with van der Waals surface area (Å²) in [5.41, 5.74) is 1.94. The molecule has 0 spiro atoms. The van der Waals surface area contributed by atoms with Crippen LogP contribution in [0.15, 0.2) is 15.2 Å². The van der Waals surface area contributed by atoms with E-state index in [2.05, 4.69) is 52.0 Å². The monoisotopic (exact) mass is 305 g/mol. The summed E-state index contributed by atoms with van der Waals surface area (Å²) in [6, 6.07) is 2.21. The van der Waals surface area contributed by atoms with E-state index in [4.69, 9.17) is 0 Å². The number of thiol groups is 1. The highest BCUT2D eigenvalue weighted by Gasteiger charge is 2.41. The van der Waals surface area contributed by atoms with Crippen molar-refractivity contribution in [3.8, 4) is 0 Å². The van der Waals surface area contributed by atoms with Crippen molar-refractivity contribution in [1.82, 2.24) is 4.90 Å². The lowest BCUT2D eigenvalue weighted by Gasteiger charge is -2.21. The van der Waals surface area contributed by atoms with Gasteiger partial charge in [0.05, 0.1) is 3.79 Å². The number of hydrogen-bond donors (Lipinski definition) is 1. The maximum absolute atomic E-state index is 4.44. The van der Waals surface area contributed by atoms with Gasteiger partial charge in [0, 0.05) is 13.1 Å². The molecule has 0 radical (unpaired) electrons. The Labute approximate surface area is 109 Å². The molecule has 0 unspecified atom stereocenters. The lowest BCUT2D eigenvalue weighted by molar-refractivity contribution is 0.271. The third-order valence-corrected chi connectivity index (χ3v) is 5.20. The smallest absolute Gasteiger partial charge is 0.0701 e. The Morgan fingerprint density at radius 2 is 2.33 bits per heavy atom. The third-order valence-electron chi connectivity index (χ3n) is 2.97. The molecule has 15 heavy (non-hydrogen) atoms. The highest BCUT2D eigenvalue weighted by Crippen LogP contribution is 2.47. The molecule has 1 aromatic rings. The average molecular weight is 306 g/mol. The molecule has 1 saturated carbocycles. The SMILES string of the molecule is CN(Cc1csc(Br)c1)CC1(CS)CC1. The minimum Gasteiger partial charge on any atom is -0.302 e. The number of rotatable bonds is 5. The van der Waals surface area contributed by atoms with E-state index < -0.39 is 0 Å². The summed E-state index contributed by atoms with van der Waals surface area (Å²) in [5, 5.41) is 2.22. The summed E-state index contributed by atoms with van der Waals surface area (Å²) in [4.78, 5) is 2.41. The Morgan fingerprint density at radius 3 is 2.80 bits per heavy atom. The molecule has 0 bridgehead atoms. The van der Waals surface area contributed by atoms with Crippen molar-refractivity contribution in [2.45, 2.75) is 19.4 Å². The first-order valence-electron chi connectivity index (χ1n) is 5.16. The van der Waals surface area contributed by atoms with E-state index in [-0.39, 0.29) is 0 Å². The van der Waals surface area contributed by atoms with Gasteiger partial charge in [0.2, 0.25) is 0 Å². The van der Waals surface area contributed by atoms with Gasteiger partial charge >= 0.3 is 0 Å². The molecule has 0 atom stereocenters. The number of halogens is 1. The summed E-state index contributed by atoms with van der Waals surface area (Å²) in [7, 11) is 2.20. The summed E-state index contributed by atoms with van der Waals surface area (Å²) >= 11 is 9.69. The van der Waals surface area contributed by atoms with Crippen molar-refractivity contribution in [1.29, 1.82) is 0 Å². The Balaban J connectivity index is 1.84. The first kappa shape index (κ1) is 12.0. The molecule has 84 valence electrons. The fourth-order valence-corrected chi connectivity index (χ4v) is 3.53. The molecule has 2 rings (SSSR count). The van der Waals surface area contributed by atoms with Crippen LogP contribution in [0.2, 0.25) is 0 Å². The van der Waals surface area contributed by atoms with Gasteiger partial charge in [-0.1, -0.05) is 0 Å². The summed E-state index contributed by atoms with van der Waals surface area (Å²) in [6.45, 7) is 2.24. The standard InChI is InChI=1S/C11H16BrNS2/c1-13(7-11(8-14)2-3-11)5-9-4-10(12)15-6-9/h4,6,14H,2-3,5,7-8H2,1H3. The summed E-state index contributed by atoms with van der Waals surface area (Å²) < 4.78 is 1.22. The minimum atomic E-state index is 0.533. The van der Waals surface area contributed by atoms with Crippen LogP contribution in [-0.2, 0) is 6.54 Å². The highest BCUT2D eigenvalue weighted by molar-refractivity contribution is 9.11. The molecule has 0 aliphatic heterocycles. The molecule has 0 aromatic carbocycles. The van der Waals surface area contributed by atoms with Gasteiger partial charge in [-0.05, 0) is 64.0 Å². The second kappa shape index (κ2) is 4.78. The van der Waals surface area contributed by atoms with Gasteiger partial charge < -0.3 is 4.90 Å². The van der Waals surface area contributed by atoms with Gasteiger partial charge in [0.1, 0.15) is 0 Å². The van der Waals surface area contributed by atoms with Gasteiger partial charge in [-0.3, -0.25) is 0 Å². The fourth-order valence-electron chi connectivity index (χ4n) is 1.91. The molecular formula is C11H16BrNS2. The number of thiophene rings is 1. The van der Waals surface area contributed by atoms with Crippen LogP contribution in [0.4, 0.5) is 0 Å². The molecule has 1 heterocycles. The zero-order chi connectivity index (χ0) is 10.9. The van der Waals surface area contributed by atoms with E-state index in [0.29, 0.717) is 5.41 Å². The van der Waals surface area contributed by atoms with Crippen LogP contribution in [0.25, 0.3) is 0 Å². The van der Waals surface area contributed by atoms with Crippen LogP contribution in [0.1, 0.15) is 18.4 Å². The molecule has 1 fully saturated rings. The van der Waals surface area contributed by atoms with Crippen molar-refractivity contribution in [2.75, 3.05) is 19.3 Å². The quantitative estimate of drug-likeness (QED) is 0.813. The molecule has 0 saturated heterocycles. The second-order valence-corrected chi connectivity index (χ2v) is 7.20. The zero-order valence-corrected chi connectivity index (χ0v) is 12.2. The van der Waals surface area contributed by atoms with Crippen molar-refractivity contribution in [3.05, 3.63) is 20.8 Å². The maximum Gasteiger partial charge on any atom is 0.0701 e. The van der Waals surface area contributed by atoms with Crippen LogP contribution < -0.4 is 0 Å². The Bertz CT molecular complexity index is 333. The van der Waals surface area contributed by atoms with Crippen LogP contribution in [0.5, 0.6) is 0 Å². The average Bonchev–Trinajstić information content (AvgIpc) is 2.84. The third kappa shape index (κ3) is 3.22. The fraction of sp³-hybridized carbons (Fsp3) is 0.636. The van der Waals surface area contributed by atoms with Crippen molar-refractivity contribution >= 4 is 39.9 Å². The predicted octanol–water partition coefficient (Wildman–Crippen LogP) is 3.65. The van der Waals surface area contributed by atoms with Gasteiger partial charge in [-0.2, -0.15) is 12.6 Å². The largest absolute Gasteiger partial charge is 0.302 e. The van der Waals surface area contributed by atoms with E-state index in [1.165, 1.54) is 28.7 Å². The molecule has 4 heteroatoms. The Kier molecular flexibility index (Phi) is 3.81. The van der Waals surface area contributed by atoms with E-state index in [0.717, 1.165) is 12.3 Å². The van der Waals surface area contributed by atoms with Gasteiger partial charge in [-0.25, -0.2) is 0 Å². The first-order valence-corrected chi connectivity index (χ1v) is 7.46. The van der Waals surface area contributed by atoms with Gasteiger partial charge in [0.25, 0.3) is 0 Å².